The molecule has 0 spiro atoms. The van der Waals surface area contributed by atoms with Gasteiger partial charge in [0.2, 0.25) is 6.41 Å². The van der Waals surface area contributed by atoms with Crippen LogP contribution in [0.4, 0.5) is 5.69 Å². The smallest absolute Gasteiger partial charge is 0.211 e. The molecule has 0 unspecified atom stereocenters. The first kappa shape index (κ1) is 10.7. The second-order valence-corrected chi connectivity index (χ2v) is 2.91. The van der Waals surface area contributed by atoms with E-state index in [1.54, 1.807) is 13.1 Å². The van der Waals surface area contributed by atoms with Crippen molar-refractivity contribution in [2.75, 3.05) is 19.0 Å². The number of benzene rings is 1. The van der Waals surface area contributed by atoms with E-state index in [9.17, 15) is 4.79 Å². The molecule has 0 aromatic heterocycles. The van der Waals surface area contributed by atoms with Crippen LogP contribution in [0.15, 0.2) is 24.3 Å². The Morgan fingerprint density at radius 1 is 1.57 bits per heavy atom. The highest BCUT2D eigenvalue weighted by Crippen LogP contribution is 2.16. The fourth-order valence-electron chi connectivity index (χ4n) is 1.28. The zero-order chi connectivity index (χ0) is 10.4. The summed E-state index contributed by atoms with van der Waals surface area (Å²) in [6.07, 6.45) is 0.631. The van der Waals surface area contributed by atoms with E-state index >= 15 is 0 Å². The Bertz CT molecular complexity index is 298. The van der Waals surface area contributed by atoms with Crippen molar-refractivity contribution in [3.63, 3.8) is 0 Å². The molecule has 1 amide bonds. The maximum atomic E-state index is 10.2. The normalized spacial score (nSPS) is 12.1. The molecule has 1 atom stereocenters. The van der Waals surface area contributed by atoms with Crippen LogP contribution in [0.25, 0.3) is 0 Å². The maximum Gasteiger partial charge on any atom is 0.211 e. The zero-order valence-corrected chi connectivity index (χ0v) is 8.03. The fraction of sp³-hybridized carbons (Fsp3) is 0.300. The summed E-state index contributed by atoms with van der Waals surface area (Å²) >= 11 is 0. The summed E-state index contributed by atoms with van der Waals surface area (Å²) in [6.45, 7) is 0.0288. The number of rotatable bonds is 5. The van der Waals surface area contributed by atoms with Crippen molar-refractivity contribution in [1.29, 1.82) is 0 Å². The molecule has 0 aliphatic carbocycles. The van der Waals surface area contributed by atoms with E-state index in [1.807, 2.05) is 18.2 Å². The maximum absolute atomic E-state index is 10.2. The number of likely N-dealkylation sites (N-methyl/N-ethyl adjacent to an activating group) is 1. The Hall–Kier alpha value is -1.39. The molecule has 1 rings (SSSR count). The minimum atomic E-state index is -0.0941. The number of amides is 1. The number of aliphatic hydroxyl groups is 1. The SMILES string of the molecule is CN[C@@H](CO)c1cccc(NC=O)c1. The first-order valence-electron chi connectivity index (χ1n) is 4.40. The predicted octanol–water partition coefficient (Wildman–Crippen LogP) is 0.508. The van der Waals surface area contributed by atoms with Gasteiger partial charge in [-0.15, -0.1) is 0 Å². The predicted molar refractivity (Wildman–Crippen MR) is 55.0 cm³/mol. The van der Waals surface area contributed by atoms with Crippen LogP contribution in [0.3, 0.4) is 0 Å². The Labute approximate surface area is 82.9 Å². The molecule has 0 saturated heterocycles. The molecule has 0 radical (unpaired) electrons. The molecule has 0 bridgehead atoms. The molecule has 0 heterocycles. The first-order valence-corrected chi connectivity index (χ1v) is 4.40. The lowest BCUT2D eigenvalue weighted by Gasteiger charge is -2.14. The Kier molecular flexibility index (Phi) is 4.10. The average Bonchev–Trinajstić information content (AvgIpc) is 2.21. The molecule has 1 aromatic carbocycles. The zero-order valence-electron chi connectivity index (χ0n) is 8.03. The highest BCUT2D eigenvalue weighted by molar-refractivity contribution is 5.71. The van der Waals surface area contributed by atoms with Crippen molar-refractivity contribution in [3.8, 4) is 0 Å². The van der Waals surface area contributed by atoms with Crippen molar-refractivity contribution in [2.24, 2.45) is 0 Å². The highest BCUT2D eigenvalue weighted by atomic mass is 16.3. The number of carbonyl (C=O) groups is 1. The summed E-state index contributed by atoms with van der Waals surface area (Å²) in [5, 5.41) is 14.6. The van der Waals surface area contributed by atoms with Crippen molar-refractivity contribution in [1.82, 2.24) is 5.32 Å². The van der Waals surface area contributed by atoms with Gasteiger partial charge < -0.3 is 15.7 Å². The van der Waals surface area contributed by atoms with Crippen LogP contribution in [0.1, 0.15) is 11.6 Å². The summed E-state index contributed by atoms with van der Waals surface area (Å²) in [4.78, 5) is 10.2. The van der Waals surface area contributed by atoms with E-state index in [-0.39, 0.29) is 12.6 Å². The Morgan fingerprint density at radius 3 is 2.93 bits per heavy atom. The van der Waals surface area contributed by atoms with Gasteiger partial charge in [0.1, 0.15) is 0 Å². The molecule has 0 saturated carbocycles. The van der Waals surface area contributed by atoms with Gasteiger partial charge in [-0.2, -0.15) is 0 Å². The van der Waals surface area contributed by atoms with Crippen molar-refractivity contribution < 1.29 is 9.90 Å². The van der Waals surface area contributed by atoms with E-state index in [0.717, 1.165) is 11.3 Å². The standard InChI is InChI=1S/C10H14N2O2/c1-11-10(6-13)8-3-2-4-9(5-8)12-7-14/h2-5,7,10-11,13H,6H2,1H3,(H,12,14)/t10-/m0/s1. The number of anilines is 1. The molecule has 4 nitrogen and oxygen atoms in total. The lowest BCUT2D eigenvalue weighted by Crippen LogP contribution is -2.19. The lowest BCUT2D eigenvalue weighted by molar-refractivity contribution is -0.105. The van der Waals surface area contributed by atoms with Crippen molar-refractivity contribution in [3.05, 3.63) is 29.8 Å². The van der Waals surface area contributed by atoms with Gasteiger partial charge in [0.15, 0.2) is 0 Å². The van der Waals surface area contributed by atoms with E-state index in [1.165, 1.54) is 0 Å². The molecular weight excluding hydrogens is 180 g/mol. The van der Waals surface area contributed by atoms with Crippen molar-refractivity contribution in [2.45, 2.75) is 6.04 Å². The van der Waals surface area contributed by atoms with E-state index in [4.69, 9.17) is 5.11 Å². The van der Waals surface area contributed by atoms with Crippen LogP contribution >= 0.6 is 0 Å². The van der Waals surface area contributed by atoms with Crippen LogP contribution in [-0.2, 0) is 4.79 Å². The number of hydrogen-bond acceptors (Lipinski definition) is 3. The largest absolute Gasteiger partial charge is 0.394 e. The lowest BCUT2D eigenvalue weighted by atomic mass is 10.1. The van der Waals surface area contributed by atoms with Crippen LogP contribution in [-0.4, -0.2) is 25.2 Å². The molecule has 3 N–H and O–H groups in total. The van der Waals surface area contributed by atoms with Crippen molar-refractivity contribution >= 4 is 12.1 Å². The summed E-state index contributed by atoms with van der Waals surface area (Å²) < 4.78 is 0. The Morgan fingerprint density at radius 2 is 2.36 bits per heavy atom. The summed E-state index contributed by atoms with van der Waals surface area (Å²) in [6, 6.07) is 7.26. The summed E-state index contributed by atoms with van der Waals surface area (Å²) in [5.41, 5.74) is 1.67. The van der Waals surface area contributed by atoms with Crippen LogP contribution in [0.2, 0.25) is 0 Å². The molecule has 4 heteroatoms. The van der Waals surface area contributed by atoms with E-state index in [0.29, 0.717) is 6.41 Å². The molecule has 0 aliphatic rings. The first-order chi connectivity index (χ1) is 6.81. The summed E-state index contributed by atoms with van der Waals surface area (Å²) in [7, 11) is 1.78. The van der Waals surface area contributed by atoms with Gasteiger partial charge in [0.05, 0.1) is 12.6 Å². The minimum Gasteiger partial charge on any atom is -0.394 e. The molecule has 0 fully saturated rings. The number of hydrogen-bond donors (Lipinski definition) is 3. The molecular formula is C10H14N2O2. The van der Waals surface area contributed by atoms with Gasteiger partial charge in [-0.05, 0) is 24.7 Å². The Balaban J connectivity index is 2.86. The van der Waals surface area contributed by atoms with E-state index < -0.39 is 0 Å². The van der Waals surface area contributed by atoms with Gasteiger partial charge in [-0.1, -0.05) is 12.1 Å². The number of carbonyl (C=O) groups excluding carboxylic acids is 1. The van der Waals surface area contributed by atoms with E-state index in [2.05, 4.69) is 10.6 Å². The topological polar surface area (TPSA) is 61.4 Å². The van der Waals surface area contributed by atoms with Crippen LogP contribution in [0.5, 0.6) is 0 Å². The monoisotopic (exact) mass is 194 g/mol. The highest BCUT2D eigenvalue weighted by Gasteiger charge is 2.07. The second-order valence-electron chi connectivity index (χ2n) is 2.91. The molecule has 14 heavy (non-hydrogen) atoms. The molecule has 76 valence electrons. The average molecular weight is 194 g/mol. The third kappa shape index (κ3) is 2.55. The molecule has 1 aromatic rings. The van der Waals surface area contributed by atoms with Gasteiger partial charge in [0.25, 0.3) is 0 Å². The second kappa shape index (κ2) is 5.36. The van der Waals surface area contributed by atoms with Gasteiger partial charge in [0, 0.05) is 5.69 Å². The third-order valence-electron chi connectivity index (χ3n) is 2.05. The summed E-state index contributed by atoms with van der Waals surface area (Å²) in [5.74, 6) is 0. The van der Waals surface area contributed by atoms with Crippen LogP contribution < -0.4 is 10.6 Å². The number of nitrogens with one attached hydrogen (secondary N) is 2. The molecule has 0 aliphatic heterocycles. The van der Waals surface area contributed by atoms with Gasteiger partial charge in [-0.25, -0.2) is 0 Å². The minimum absolute atomic E-state index is 0.0288. The number of aliphatic hydroxyl groups excluding tert-OH is 1. The third-order valence-corrected chi connectivity index (χ3v) is 2.05. The quantitative estimate of drug-likeness (QED) is 0.598. The fourth-order valence-corrected chi connectivity index (χ4v) is 1.28. The van der Waals surface area contributed by atoms with Crippen LogP contribution in [0, 0.1) is 0 Å². The van der Waals surface area contributed by atoms with Gasteiger partial charge in [-0.3, -0.25) is 4.79 Å². The van der Waals surface area contributed by atoms with Gasteiger partial charge >= 0.3 is 0 Å².